The van der Waals surface area contributed by atoms with Crippen molar-refractivity contribution in [3.05, 3.63) is 94.5 Å². The molecule has 1 N–H and O–H groups in total. The first-order valence-electron chi connectivity index (χ1n) is 9.76. The molecule has 0 aromatic heterocycles. The van der Waals surface area contributed by atoms with Gasteiger partial charge in [0.05, 0.1) is 25.7 Å². The fourth-order valence-corrected chi connectivity index (χ4v) is 3.92. The number of aliphatic hydroxyl groups is 1. The van der Waals surface area contributed by atoms with E-state index in [0.29, 0.717) is 17.1 Å². The largest absolute Gasteiger partial charge is 0.493 e. The topological polar surface area (TPSA) is 62.5 Å². The van der Waals surface area contributed by atoms with Crippen molar-refractivity contribution >= 4 is 0 Å². The van der Waals surface area contributed by atoms with Gasteiger partial charge in [0.2, 0.25) is 0 Å². The summed E-state index contributed by atoms with van der Waals surface area (Å²) in [7, 11) is 1.60. The molecular weight excluding hydrogens is 362 g/mol. The van der Waals surface area contributed by atoms with E-state index < -0.39 is 6.10 Å². The van der Waals surface area contributed by atoms with E-state index in [2.05, 4.69) is 36.4 Å². The Morgan fingerprint density at radius 2 is 1.59 bits per heavy atom. The molecular formula is C25H23NO3. The van der Waals surface area contributed by atoms with E-state index in [1.54, 1.807) is 25.3 Å². The molecule has 0 amide bonds. The van der Waals surface area contributed by atoms with Gasteiger partial charge in [-0.2, -0.15) is 5.26 Å². The number of ether oxygens (including phenoxy) is 2. The zero-order chi connectivity index (χ0) is 20.2. The third-order valence-corrected chi connectivity index (χ3v) is 5.44. The highest BCUT2D eigenvalue weighted by molar-refractivity contribution is 5.48. The first kappa shape index (κ1) is 19.0. The lowest BCUT2D eigenvalue weighted by Crippen LogP contribution is -2.12. The number of methoxy groups -OCH3 is 1. The van der Waals surface area contributed by atoms with Gasteiger partial charge in [0.1, 0.15) is 6.10 Å². The van der Waals surface area contributed by atoms with Crippen molar-refractivity contribution in [2.75, 3.05) is 7.11 Å². The Hall–Kier alpha value is -3.29. The molecule has 0 radical (unpaired) electrons. The molecule has 0 heterocycles. The maximum atomic E-state index is 10.3. The molecule has 1 atom stereocenters. The van der Waals surface area contributed by atoms with Crippen molar-refractivity contribution in [2.45, 2.75) is 31.5 Å². The van der Waals surface area contributed by atoms with Gasteiger partial charge in [-0.3, -0.25) is 0 Å². The molecule has 3 aromatic rings. The molecule has 1 aliphatic rings. The molecule has 0 fully saturated rings. The fraction of sp³-hybridized carbons (Fsp3) is 0.240. The van der Waals surface area contributed by atoms with Crippen LogP contribution in [0.1, 0.15) is 46.4 Å². The lowest BCUT2D eigenvalue weighted by molar-refractivity contribution is 0.181. The number of aliphatic hydroxyl groups excluding tert-OH is 1. The summed E-state index contributed by atoms with van der Waals surface area (Å²) in [6.45, 7) is 0. The predicted molar refractivity (Wildman–Crippen MR) is 111 cm³/mol. The van der Waals surface area contributed by atoms with Gasteiger partial charge in [0, 0.05) is 11.1 Å². The zero-order valence-corrected chi connectivity index (χ0v) is 16.3. The van der Waals surface area contributed by atoms with Crippen molar-refractivity contribution in [3.63, 3.8) is 0 Å². The van der Waals surface area contributed by atoms with Gasteiger partial charge in [0.25, 0.3) is 0 Å². The molecule has 0 saturated carbocycles. The van der Waals surface area contributed by atoms with E-state index in [1.807, 2.05) is 18.2 Å². The summed E-state index contributed by atoms with van der Waals surface area (Å²) in [5.74, 6) is 1.15. The Morgan fingerprint density at radius 3 is 2.17 bits per heavy atom. The van der Waals surface area contributed by atoms with Crippen molar-refractivity contribution in [1.82, 2.24) is 0 Å². The minimum absolute atomic E-state index is 0.0286. The zero-order valence-electron chi connectivity index (χ0n) is 16.3. The molecule has 29 heavy (non-hydrogen) atoms. The van der Waals surface area contributed by atoms with Gasteiger partial charge >= 0.3 is 0 Å². The second-order valence-electron chi connectivity index (χ2n) is 7.18. The van der Waals surface area contributed by atoms with Crippen molar-refractivity contribution < 1.29 is 14.6 Å². The second-order valence-corrected chi connectivity index (χ2v) is 7.18. The molecule has 0 aliphatic heterocycles. The van der Waals surface area contributed by atoms with Crippen LogP contribution in [0.5, 0.6) is 11.5 Å². The number of nitrogens with zero attached hydrogens (tertiary/aromatic N) is 1. The van der Waals surface area contributed by atoms with Gasteiger partial charge in [-0.1, -0.05) is 54.6 Å². The van der Waals surface area contributed by atoms with E-state index in [0.717, 1.165) is 24.0 Å². The van der Waals surface area contributed by atoms with Crippen LogP contribution in [-0.4, -0.2) is 12.2 Å². The van der Waals surface area contributed by atoms with Crippen molar-refractivity contribution in [1.29, 1.82) is 5.26 Å². The summed E-state index contributed by atoms with van der Waals surface area (Å²) in [6, 6.07) is 24.1. The second kappa shape index (κ2) is 8.38. The van der Waals surface area contributed by atoms with Gasteiger partial charge in [-0.05, 0) is 41.7 Å². The van der Waals surface area contributed by atoms with Crippen LogP contribution in [0.25, 0.3) is 0 Å². The third-order valence-electron chi connectivity index (χ3n) is 5.44. The highest BCUT2D eigenvalue weighted by Gasteiger charge is 2.26. The van der Waals surface area contributed by atoms with Crippen LogP contribution in [0, 0.1) is 11.3 Å². The van der Waals surface area contributed by atoms with Crippen molar-refractivity contribution in [3.8, 4) is 17.6 Å². The quantitative estimate of drug-likeness (QED) is 0.678. The van der Waals surface area contributed by atoms with Crippen molar-refractivity contribution in [2.24, 2.45) is 0 Å². The van der Waals surface area contributed by atoms with E-state index in [4.69, 9.17) is 14.7 Å². The highest BCUT2D eigenvalue weighted by Crippen LogP contribution is 2.40. The number of aryl methyl sites for hydroxylation is 2. The van der Waals surface area contributed by atoms with E-state index in [1.165, 1.54) is 11.1 Å². The normalized spacial score (nSPS) is 14.1. The maximum absolute atomic E-state index is 10.3. The van der Waals surface area contributed by atoms with Crippen LogP contribution in [0.15, 0.2) is 66.7 Å². The van der Waals surface area contributed by atoms with E-state index in [9.17, 15) is 5.11 Å². The van der Waals surface area contributed by atoms with Gasteiger partial charge < -0.3 is 14.6 Å². The number of hydrogen-bond acceptors (Lipinski definition) is 4. The molecule has 4 nitrogen and oxygen atoms in total. The molecule has 4 rings (SSSR count). The lowest BCUT2D eigenvalue weighted by Gasteiger charge is -2.24. The Kier molecular flexibility index (Phi) is 5.50. The Morgan fingerprint density at radius 1 is 0.966 bits per heavy atom. The smallest absolute Gasteiger partial charge is 0.162 e. The van der Waals surface area contributed by atoms with E-state index in [-0.39, 0.29) is 12.5 Å². The van der Waals surface area contributed by atoms with Crippen LogP contribution in [0.2, 0.25) is 0 Å². The van der Waals surface area contributed by atoms with E-state index >= 15 is 0 Å². The van der Waals surface area contributed by atoms with Crippen LogP contribution < -0.4 is 9.47 Å². The lowest BCUT2D eigenvalue weighted by atomic mass is 9.97. The number of rotatable bonds is 5. The third kappa shape index (κ3) is 3.83. The first-order valence-corrected chi connectivity index (χ1v) is 9.76. The average Bonchev–Trinajstić information content (AvgIpc) is 2.91. The number of hydrogen-bond donors (Lipinski definition) is 1. The Bertz CT molecular complexity index is 1010. The monoisotopic (exact) mass is 385 g/mol. The molecule has 0 saturated heterocycles. The summed E-state index contributed by atoms with van der Waals surface area (Å²) in [4.78, 5) is 0. The standard InChI is InChI=1S/C25H23NO3/c1-28-23-13-12-19(22(27)14-15-26)16-24(23)29-25-20-8-4-2-6-17(20)10-11-18-7-3-5-9-21(18)25/h2-9,12-13,16,22,25,27H,10-11,14H2,1H3. The minimum Gasteiger partial charge on any atom is -0.493 e. The molecule has 3 aromatic carbocycles. The summed E-state index contributed by atoms with van der Waals surface area (Å²) in [5.41, 5.74) is 5.46. The molecule has 146 valence electrons. The Balaban J connectivity index is 1.80. The molecule has 0 spiro atoms. The predicted octanol–water partition coefficient (Wildman–Crippen LogP) is 4.91. The SMILES string of the molecule is COc1ccc(C(O)CC#N)cc1OC1c2ccccc2CCc2ccccc21. The highest BCUT2D eigenvalue weighted by atomic mass is 16.5. The summed E-state index contributed by atoms with van der Waals surface area (Å²) < 4.78 is 12.1. The Labute approximate surface area is 171 Å². The van der Waals surface area contributed by atoms with Crippen LogP contribution in [0.4, 0.5) is 0 Å². The van der Waals surface area contributed by atoms with Crippen LogP contribution in [-0.2, 0) is 12.8 Å². The van der Waals surface area contributed by atoms with Gasteiger partial charge in [-0.25, -0.2) is 0 Å². The molecule has 0 bridgehead atoms. The molecule has 1 aliphatic carbocycles. The van der Waals surface area contributed by atoms with Crippen LogP contribution in [0.3, 0.4) is 0 Å². The fourth-order valence-electron chi connectivity index (χ4n) is 3.92. The maximum Gasteiger partial charge on any atom is 0.162 e. The average molecular weight is 385 g/mol. The van der Waals surface area contributed by atoms with Crippen LogP contribution >= 0.6 is 0 Å². The number of nitriles is 1. The molecule has 4 heteroatoms. The first-order chi connectivity index (χ1) is 14.2. The molecule has 1 unspecified atom stereocenters. The minimum atomic E-state index is -0.859. The van der Waals surface area contributed by atoms with Gasteiger partial charge in [0.15, 0.2) is 11.5 Å². The van der Waals surface area contributed by atoms with Gasteiger partial charge in [-0.15, -0.1) is 0 Å². The number of benzene rings is 3. The summed E-state index contributed by atoms with van der Waals surface area (Å²) in [5, 5.41) is 19.2. The number of fused-ring (bicyclic) bond motifs is 2. The summed E-state index contributed by atoms with van der Waals surface area (Å²) >= 11 is 0. The summed E-state index contributed by atoms with van der Waals surface area (Å²) in [6.07, 6.45) is 0.820.